The molecule has 0 aromatic heterocycles. The molecule has 0 radical (unpaired) electrons. The molecule has 0 bridgehead atoms. The van der Waals surface area contributed by atoms with Crippen LogP contribution in [-0.4, -0.2) is 5.11 Å². The predicted octanol–water partition coefficient (Wildman–Crippen LogP) is 4.99. The monoisotopic (exact) mass is 326 g/mol. The van der Waals surface area contributed by atoms with Crippen molar-refractivity contribution >= 4 is 26.7 Å². The van der Waals surface area contributed by atoms with E-state index in [-0.39, 0.29) is 0 Å². The number of benzene rings is 3. The lowest BCUT2D eigenvalue weighted by atomic mass is 9.95. The van der Waals surface area contributed by atoms with Crippen LogP contribution in [0.1, 0.15) is 22.8 Å². The first-order valence-electron chi connectivity index (χ1n) is 6.58. The second-order valence-electron chi connectivity index (χ2n) is 5.00. The number of halogens is 1. The average Bonchev–Trinajstić information content (AvgIpc) is 2.47. The van der Waals surface area contributed by atoms with Gasteiger partial charge in [0.15, 0.2) is 0 Å². The molecule has 3 rings (SSSR count). The molecule has 1 unspecified atom stereocenters. The van der Waals surface area contributed by atoms with E-state index in [0.717, 1.165) is 31.9 Å². The highest BCUT2D eigenvalue weighted by Gasteiger charge is 2.14. The van der Waals surface area contributed by atoms with Gasteiger partial charge in [0.2, 0.25) is 0 Å². The SMILES string of the molecule is Cc1cccc(C(O)c2ccc(Br)c3ccccc23)c1. The summed E-state index contributed by atoms with van der Waals surface area (Å²) in [5, 5.41) is 12.9. The molecule has 0 fully saturated rings. The molecule has 0 amide bonds. The van der Waals surface area contributed by atoms with Crippen LogP contribution in [-0.2, 0) is 0 Å². The van der Waals surface area contributed by atoms with Crippen molar-refractivity contribution in [3.63, 3.8) is 0 Å². The second kappa shape index (κ2) is 5.39. The molecule has 0 aliphatic carbocycles. The third kappa shape index (κ3) is 2.37. The summed E-state index contributed by atoms with van der Waals surface area (Å²) in [6, 6.07) is 20.1. The quantitative estimate of drug-likeness (QED) is 0.703. The van der Waals surface area contributed by atoms with Crippen LogP contribution < -0.4 is 0 Å². The molecular formula is C18H15BrO. The van der Waals surface area contributed by atoms with Gasteiger partial charge in [0.05, 0.1) is 0 Å². The largest absolute Gasteiger partial charge is 0.384 e. The summed E-state index contributed by atoms with van der Waals surface area (Å²) in [5.74, 6) is 0. The second-order valence-corrected chi connectivity index (χ2v) is 5.85. The van der Waals surface area contributed by atoms with E-state index in [1.165, 1.54) is 0 Å². The molecule has 1 nitrogen and oxygen atoms in total. The van der Waals surface area contributed by atoms with Crippen molar-refractivity contribution in [3.05, 3.63) is 81.8 Å². The van der Waals surface area contributed by atoms with Crippen molar-refractivity contribution in [2.45, 2.75) is 13.0 Å². The Hall–Kier alpha value is -1.64. The van der Waals surface area contributed by atoms with Gasteiger partial charge in [-0.05, 0) is 34.9 Å². The van der Waals surface area contributed by atoms with Gasteiger partial charge in [0.25, 0.3) is 0 Å². The van der Waals surface area contributed by atoms with E-state index < -0.39 is 6.10 Å². The van der Waals surface area contributed by atoms with Gasteiger partial charge in [-0.3, -0.25) is 0 Å². The average molecular weight is 327 g/mol. The van der Waals surface area contributed by atoms with Gasteiger partial charge >= 0.3 is 0 Å². The van der Waals surface area contributed by atoms with Crippen LogP contribution in [0.4, 0.5) is 0 Å². The Balaban J connectivity index is 2.17. The highest BCUT2D eigenvalue weighted by molar-refractivity contribution is 9.10. The summed E-state index contributed by atoms with van der Waals surface area (Å²) >= 11 is 3.57. The number of aryl methyl sites for hydroxylation is 1. The van der Waals surface area contributed by atoms with Crippen molar-refractivity contribution in [1.82, 2.24) is 0 Å². The summed E-state index contributed by atoms with van der Waals surface area (Å²) in [7, 11) is 0. The number of fused-ring (bicyclic) bond motifs is 1. The van der Waals surface area contributed by atoms with E-state index in [1.54, 1.807) is 0 Å². The first kappa shape index (κ1) is 13.3. The Morgan fingerprint density at radius 1 is 0.900 bits per heavy atom. The summed E-state index contributed by atoms with van der Waals surface area (Å²) in [5.41, 5.74) is 3.02. The Kier molecular flexibility index (Phi) is 3.60. The number of hydrogen-bond acceptors (Lipinski definition) is 1. The first-order valence-corrected chi connectivity index (χ1v) is 7.38. The van der Waals surface area contributed by atoms with Gasteiger partial charge in [-0.15, -0.1) is 0 Å². The van der Waals surface area contributed by atoms with E-state index >= 15 is 0 Å². The molecule has 0 aliphatic rings. The highest BCUT2D eigenvalue weighted by atomic mass is 79.9. The van der Waals surface area contributed by atoms with Gasteiger partial charge in [0, 0.05) is 4.47 Å². The lowest BCUT2D eigenvalue weighted by Gasteiger charge is -2.15. The van der Waals surface area contributed by atoms with Crippen molar-refractivity contribution in [1.29, 1.82) is 0 Å². The number of aliphatic hydroxyl groups excluding tert-OH is 1. The van der Waals surface area contributed by atoms with E-state index in [1.807, 2.05) is 55.5 Å². The molecule has 20 heavy (non-hydrogen) atoms. The maximum Gasteiger partial charge on any atom is 0.105 e. The smallest absolute Gasteiger partial charge is 0.105 e. The lowest BCUT2D eigenvalue weighted by Crippen LogP contribution is -2.01. The molecule has 2 heteroatoms. The van der Waals surface area contributed by atoms with Gasteiger partial charge in [-0.2, -0.15) is 0 Å². The molecule has 1 N–H and O–H groups in total. The zero-order valence-corrected chi connectivity index (χ0v) is 12.8. The third-order valence-electron chi connectivity index (χ3n) is 3.56. The van der Waals surface area contributed by atoms with Crippen molar-refractivity contribution in [2.24, 2.45) is 0 Å². The van der Waals surface area contributed by atoms with E-state index in [2.05, 4.69) is 28.1 Å². The minimum atomic E-state index is -0.604. The minimum absolute atomic E-state index is 0.604. The van der Waals surface area contributed by atoms with Crippen LogP contribution in [0.2, 0.25) is 0 Å². The molecule has 0 heterocycles. The fourth-order valence-corrected chi connectivity index (χ4v) is 3.02. The fraction of sp³-hybridized carbons (Fsp3) is 0.111. The fourth-order valence-electron chi connectivity index (χ4n) is 2.54. The zero-order chi connectivity index (χ0) is 14.1. The van der Waals surface area contributed by atoms with Crippen molar-refractivity contribution in [3.8, 4) is 0 Å². The van der Waals surface area contributed by atoms with Crippen molar-refractivity contribution < 1.29 is 5.11 Å². The maximum absolute atomic E-state index is 10.7. The first-order chi connectivity index (χ1) is 9.66. The number of rotatable bonds is 2. The van der Waals surface area contributed by atoms with Crippen LogP contribution in [0, 0.1) is 6.92 Å². The van der Waals surface area contributed by atoms with Crippen molar-refractivity contribution in [2.75, 3.05) is 0 Å². The summed E-state index contributed by atoms with van der Waals surface area (Å²) in [6.45, 7) is 2.04. The standard InChI is InChI=1S/C18H15BrO/c1-12-5-4-6-13(11-12)18(20)16-9-10-17(19)15-8-3-2-7-14(15)16/h2-11,18,20H,1H3. The highest BCUT2D eigenvalue weighted by Crippen LogP contribution is 2.33. The Bertz CT molecular complexity index is 764. The van der Waals surface area contributed by atoms with Gasteiger partial charge in [0.1, 0.15) is 6.10 Å². The summed E-state index contributed by atoms with van der Waals surface area (Å²) in [6.07, 6.45) is -0.604. The molecule has 0 spiro atoms. The molecule has 1 atom stereocenters. The van der Waals surface area contributed by atoms with Gasteiger partial charge in [-0.1, -0.05) is 76.1 Å². The minimum Gasteiger partial charge on any atom is -0.384 e. The number of hydrogen-bond donors (Lipinski definition) is 1. The van der Waals surface area contributed by atoms with Gasteiger partial charge < -0.3 is 5.11 Å². The van der Waals surface area contributed by atoms with Crippen LogP contribution in [0.25, 0.3) is 10.8 Å². The van der Waals surface area contributed by atoms with Crippen LogP contribution in [0.3, 0.4) is 0 Å². The van der Waals surface area contributed by atoms with Crippen LogP contribution in [0.5, 0.6) is 0 Å². The zero-order valence-electron chi connectivity index (χ0n) is 11.2. The normalized spacial score (nSPS) is 12.6. The van der Waals surface area contributed by atoms with E-state index in [9.17, 15) is 5.11 Å². The molecule has 3 aromatic rings. The number of aliphatic hydroxyl groups is 1. The molecule has 0 saturated heterocycles. The third-order valence-corrected chi connectivity index (χ3v) is 4.25. The molecule has 100 valence electrons. The molecular weight excluding hydrogens is 312 g/mol. The molecule has 3 aromatic carbocycles. The van der Waals surface area contributed by atoms with Crippen LogP contribution >= 0.6 is 15.9 Å². The Labute approximate surface area is 127 Å². The van der Waals surface area contributed by atoms with Crippen LogP contribution in [0.15, 0.2) is 65.1 Å². The summed E-state index contributed by atoms with van der Waals surface area (Å²) in [4.78, 5) is 0. The molecule has 0 saturated carbocycles. The van der Waals surface area contributed by atoms with E-state index in [4.69, 9.17) is 0 Å². The maximum atomic E-state index is 10.7. The predicted molar refractivity (Wildman–Crippen MR) is 86.9 cm³/mol. The lowest BCUT2D eigenvalue weighted by molar-refractivity contribution is 0.222. The van der Waals surface area contributed by atoms with Gasteiger partial charge in [-0.25, -0.2) is 0 Å². The van der Waals surface area contributed by atoms with E-state index in [0.29, 0.717) is 0 Å². The summed E-state index contributed by atoms with van der Waals surface area (Å²) < 4.78 is 1.05. The Morgan fingerprint density at radius 2 is 1.65 bits per heavy atom. The molecule has 0 aliphatic heterocycles. The Morgan fingerprint density at radius 3 is 2.40 bits per heavy atom. The topological polar surface area (TPSA) is 20.2 Å².